The van der Waals surface area contributed by atoms with E-state index in [0.29, 0.717) is 0 Å². The molecule has 4 atom stereocenters. The zero-order valence-electron chi connectivity index (χ0n) is 11.1. The molecule has 1 aromatic rings. The Hall–Kier alpha value is -0.761. The zero-order valence-corrected chi connectivity index (χ0v) is 12.8. The quantitative estimate of drug-likeness (QED) is 0.693. The van der Waals surface area contributed by atoms with Gasteiger partial charge in [0.15, 0.2) is 0 Å². The molecule has 2 aliphatic heterocycles. The van der Waals surface area contributed by atoms with Crippen LogP contribution in [0.3, 0.4) is 0 Å². The maximum atomic E-state index is 11.1. The van der Waals surface area contributed by atoms with Gasteiger partial charge in [-0.25, -0.2) is 0 Å². The number of carbonyl (C=O) groups excluding carboxylic acids is 1. The van der Waals surface area contributed by atoms with Crippen LogP contribution in [0.1, 0.15) is 35.0 Å². The molecule has 0 saturated carbocycles. The fraction of sp³-hybridized carbons (Fsp3) is 0.667. The van der Waals surface area contributed by atoms with E-state index in [4.69, 9.17) is 19.9 Å². The van der Waals surface area contributed by atoms with Gasteiger partial charge in [-0.05, 0) is 0 Å². The first-order valence-corrected chi connectivity index (χ1v) is 8.13. The average molecular weight is 347 g/mol. The second-order valence-corrected chi connectivity index (χ2v) is 7.14. The Morgan fingerprint density at radius 1 is 1.50 bits per heavy atom. The van der Waals surface area contributed by atoms with Crippen molar-refractivity contribution >= 4 is 20.4 Å². The van der Waals surface area contributed by atoms with Crippen LogP contribution in [0.4, 0.5) is 0 Å². The number of hydrogen-bond donors (Lipinski definition) is 2. The van der Waals surface area contributed by atoms with Crippen molar-refractivity contribution in [2.75, 3.05) is 6.61 Å². The van der Waals surface area contributed by atoms with Crippen molar-refractivity contribution in [2.24, 2.45) is 5.73 Å². The van der Waals surface area contributed by atoms with Crippen LogP contribution in [0.15, 0.2) is 4.94 Å². The molecule has 1 unspecified atom stereocenters. The SMILES string of the molecule is CC1(C)OC2[C@@H](O1)[C@@H](CO)O[C@H]2c1nc(C(N)=O)c[se]1. The monoisotopic (exact) mass is 348 g/mol. The Morgan fingerprint density at radius 2 is 2.20 bits per heavy atom. The Kier molecular flexibility index (Phi) is 3.48. The van der Waals surface area contributed by atoms with E-state index in [-0.39, 0.29) is 39.0 Å². The normalized spacial score (nSPS) is 35.1. The summed E-state index contributed by atoms with van der Waals surface area (Å²) in [4.78, 5) is 17.1. The number of aliphatic hydroxyl groups excluding tert-OH is 1. The van der Waals surface area contributed by atoms with Gasteiger partial charge in [-0.3, -0.25) is 0 Å². The van der Waals surface area contributed by atoms with Crippen molar-refractivity contribution in [3.8, 4) is 0 Å². The number of primary amides is 1. The summed E-state index contributed by atoms with van der Waals surface area (Å²) in [7, 11) is 0. The van der Waals surface area contributed by atoms with Crippen molar-refractivity contribution < 1.29 is 24.1 Å². The number of aliphatic hydroxyl groups is 1. The summed E-state index contributed by atoms with van der Waals surface area (Å²) in [6.07, 6.45) is -1.48. The standard InChI is InChI=1S/C12H16N2O5Se/c1-12(2)18-7-6(3-15)17-9(8(7)19-12)11-14-5(4-20-11)10(13)16/h4,6-9,15H,3H2,1-2H3,(H2,13,16)/t6-,7+,8?,9-/m1/s1. The molecule has 8 heteroatoms. The van der Waals surface area contributed by atoms with Crippen molar-refractivity contribution in [1.82, 2.24) is 4.98 Å². The van der Waals surface area contributed by atoms with Gasteiger partial charge in [0.25, 0.3) is 0 Å². The first-order chi connectivity index (χ1) is 9.41. The van der Waals surface area contributed by atoms with Gasteiger partial charge in [0, 0.05) is 0 Å². The third kappa shape index (κ3) is 2.32. The van der Waals surface area contributed by atoms with E-state index in [1.807, 2.05) is 13.8 Å². The molecular weight excluding hydrogens is 331 g/mol. The van der Waals surface area contributed by atoms with Crippen molar-refractivity contribution in [1.29, 1.82) is 0 Å². The second-order valence-electron chi connectivity index (χ2n) is 5.28. The van der Waals surface area contributed by atoms with Gasteiger partial charge >= 0.3 is 121 Å². The van der Waals surface area contributed by atoms with Crippen molar-refractivity contribution in [2.45, 2.75) is 44.1 Å². The predicted molar refractivity (Wildman–Crippen MR) is 68.2 cm³/mol. The van der Waals surface area contributed by atoms with Crippen LogP contribution in [0.25, 0.3) is 0 Å². The Morgan fingerprint density at radius 3 is 2.80 bits per heavy atom. The first kappa shape index (κ1) is 14.2. The molecule has 0 aromatic carbocycles. The third-order valence-electron chi connectivity index (χ3n) is 3.35. The van der Waals surface area contributed by atoms with Crippen LogP contribution in [-0.4, -0.2) is 61.2 Å². The zero-order chi connectivity index (χ0) is 14.5. The van der Waals surface area contributed by atoms with Crippen LogP contribution in [0.2, 0.25) is 0 Å². The molecule has 1 aromatic heterocycles. The van der Waals surface area contributed by atoms with Gasteiger partial charge in [-0.15, -0.1) is 0 Å². The number of hydrogen-bond acceptors (Lipinski definition) is 6. The predicted octanol–water partition coefficient (Wildman–Crippen LogP) is -0.810. The number of nitrogens with zero attached hydrogens (tertiary/aromatic N) is 1. The number of aromatic nitrogens is 1. The number of ether oxygens (including phenoxy) is 3. The molecule has 7 nitrogen and oxygen atoms in total. The molecule has 2 saturated heterocycles. The molecule has 0 aliphatic carbocycles. The number of rotatable bonds is 3. The van der Waals surface area contributed by atoms with Gasteiger partial charge in [0.2, 0.25) is 0 Å². The number of fused-ring (bicyclic) bond motifs is 1. The summed E-state index contributed by atoms with van der Waals surface area (Å²) in [5.74, 6) is -1.25. The van der Waals surface area contributed by atoms with Gasteiger partial charge in [-0.2, -0.15) is 0 Å². The van der Waals surface area contributed by atoms with E-state index in [0.717, 1.165) is 4.57 Å². The fourth-order valence-corrected chi connectivity index (χ4v) is 4.40. The van der Waals surface area contributed by atoms with Crippen LogP contribution in [-0.2, 0) is 14.2 Å². The maximum absolute atomic E-state index is 11.1. The van der Waals surface area contributed by atoms with Gasteiger partial charge < -0.3 is 0 Å². The molecule has 3 rings (SSSR count). The molecule has 0 radical (unpaired) electrons. The van der Waals surface area contributed by atoms with Crippen LogP contribution in [0.5, 0.6) is 0 Å². The molecular formula is C12H16N2O5Se. The van der Waals surface area contributed by atoms with Crippen molar-refractivity contribution in [3.05, 3.63) is 15.2 Å². The average Bonchev–Trinajstić information content (AvgIpc) is 3.01. The summed E-state index contributed by atoms with van der Waals surface area (Å²) in [5, 5.41) is 9.40. The molecule has 0 spiro atoms. The molecule has 2 fully saturated rings. The summed E-state index contributed by atoms with van der Waals surface area (Å²) >= 11 is -0.0972. The minimum atomic E-state index is -0.711. The summed E-state index contributed by atoms with van der Waals surface area (Å²) in [5.41, 5.74) is 5.49. The molecule has 3 heterocycles. The minimum absolute atomic E-state index is 0.0972. The molecule has 20 heavy (non-hydrogen) atoms. The number of carbonyl (C=O) groups is 1. The Labute approximate surface area is 121 Å². The molecule has 1 amide bonds. The molecule has 0 bridgehead atoms. The van der Waals surface area contributed by atoms with E-state index in [9.17, 15) is 9.90 Å². The summed E-state index contributed by atoms with van der Waals surface area (Å²) in [6, 6.07) is 0. The van der Waals surface area contributed by atoms with Gasteiger partial charge in [0.1, 0.15) is 0 Å². The van der Waals surface area contributed by atoms with E-state index < -0.39 is 23.9 Å². The second kappa shape index (κ2) is 4.91. The van der Waals surface area contributed by atoms with Gasteiger partial charge in [-0.1, -0.05) is 0 Å². The summed E-state index contributed by atoms with van der Waals surface area (Å²) < 4.78 is 18.2. The van der Waals surface area contributed by atoms with E-state index >= 15 is 0 Å². The van der Waals surface area contributed by atoms with Crippen LogP contribution >= 0.6 is 0 Å². The van der Waals surface area contributed by atoms with E-state index in [2.05, 4.69) is 4.98 Å². The topological polar surface area (TPSA) is 104 Å². The van der Waals surface area contributed by atoms with Crippen LogP contribution in [0, 0.1) is 0 Å². The van der Waals surface area contributed by atoms with Gasteiger partial charge in [0.05, 0.1) is 0 Å². The fourth-order valence-electron chi connectivity index (χ4n) is 2.56. The molecule has 3 N–H and O–H groups in total. The van der Waals surface area contributed by atoms with Crippen LogP contribution < -0.4 is 5.73 Å². The number of nitrogens with two attached hydrogens (primary N) is 1. The molecule has 110 valence electrons. The third-order valence-corrected chi connectivity index (χ3v) is 5.25. The Bertz CT molecular complexity index is 532. The Balaban J connectivity index is 1.87. The van der Waals surface area contributed by atoms with E-state index in [1.54, 1.807) is 4.94 Å². The summed E-state index contributed by atoms with van der Waals surface area (Å²) in [6.45, 7) is 3.50. The first-order valence-electron chi connectivity index (χ1n) is 6.28. The number of amides is 1. The van der Waals surface area contributed by atoms with Crippen molar-refractivity contribution in [3.63, 3.8) is 0 Å². The van der Waals surface area contributed by atoms with E-state index in [1.165, 1.54) is 0 Å². The molecule has 2 aliphatic rings.